The number of anilines is 1. The Morgan fingerprint density at radius 3 is 2.76 bits per heavy atom. The van der Waals surface area contributed by atoms with Crippen LogP contribution in [0.25, 0.3) is 10.9 Å². The van der Waals surface area contributed by atoms with Crippen molar-refractivity contribution in [3.8, 4) is 0 Å². The van der Waals surface area contributed by atoms with Gasteiger partial charge in [-0.25, -0.2) is 0 Å². The molecule has 0 amide bonds. The van der Waals surface area contributed by atoms with Crippen LogP contribution in [0.1, 0.15) is 32.1 Å². The van der Waals surface area contributed by atoms with Crippen LogP contribution in [0.15, 0.2) is 35.6 Å². The second-order valence-corrected chi connectivity index (χ2v) is 5.14. The number of hydrazone groups is 1. The van der Waals surface area contributed by atoms with Crippen molar-refractivity contribution in [2.45, 2.75) is 32.1 Å². The van der Waals surface area contributed by atoms with E-state index in [2.05, 4.69) is 15.5 Å². The standard InChI is InChI=1S/C15H16N4O2/c20-19(21)14-9-8-13(15-12(14)7-4-10-16-15)18-17-11-5-2-1-3-6-11/h4,7-10,18H,1-3,5-6H2. The highest BCUT2D eigenvalue weighted by atomic mass is 16.6. The van der Waals surface area contributed by atoms with Crippen molar-refractivity contribution in [3.63, 3.8) is 0 Å². The molecule has 6 heteroatoms. The monoisotopic (exact) mass is 284 g/mol. The van der Waals surface area contributed by atoms with Crippen LogP contribution in [0.2, 0.25) is 0 Å². The average Bonchev–Trinajstić information content (AvgIpc) is 2.53. The lowest BCUT2D eigenvalue weighted by Gasteiger charge is -2.13. The summed E-state index contributed by atoms with van der Waals surface area (Å²) in [5, 5.41) is 16.0. The highest BCUT2D eigenvalue weighted by Gasteiger charge is 2.15. The number of fused-ring (bicyclic) bond motifs is 1. The Labute approximate surface area is 122 Å². The molecule has 6 nitrogen and oxygen atoms in total. The first-order valence-electron chi connectivity index (χ1n) is 7.09. The predicted octanol–water partition coefficient (Wildman–Crippen LogP) is 3.88. The van der Waals surface area contributed by atoms with Crippen molar-refractivity contribution < 1.29 is 4.92 Å². The number of aromatic nitrogens is 1. The van der Waals surface area contributed by atoms with Gasteiger partial charge in [0.2, 0.25) is 0 Å². The van der Waals surface area contributed by atoms with Crippen LogP contribution in [0, 0.1) is 10.1 Å². The summed E-state index contributed by atoms with van der Waals surface area (Å²) in [5.74, 6) is 0. The van der Waals surface area contributed by atoms with Gasteiger partial charge < -0.3 is 0 Å². The Bertz CT molecular complexity index is 704. The molecule has 108 valence electrons. The van der Waals surface area contributed by atoms with Gasteiger partial charge in [-0.05, 0) is 43.9 Å². The number of rotatable bonds is 3. The molecule has 0 unspecified atom stereocenters. The number of hydrogen-bond donors (Lipinski definition) is 1. The molecular weight excluding hydrogens is 268 g/mol. The Kier molecular flexibility index (Phi) is 3.77. The predicted molar refractivity (Wildman–Crippen MR) is 82.5 cm³/mol. The van der Waals surface area contributed by atoms with Crippen LogP contribution >= 0.6 is 0 Å². The smallest absolute Gasteiger partial charge is 0.276 e. The number of nitro groups is 1. The second kappa shape index (κ2) is 5.87. The number of nitro benzene ring substituents is 1. The first-order chi connectivity index (χ1) is 10.3. The number of benzene rings is 1. The van der Waals surface area contributed by atoms with Gasteiger partial charge in [-0.2, -0.15) is 5.10 Å². The Morgan fingerprint density at radius 1 is 1.19 bits per heavy atom. The first kappa shape index (κ1) is 13.5. The molecule has 3 rings (SSSR count). The van der Waals surface area contributed by atoms with E-state index in [-0.39, 0.29) is 10.6 Å². The fourth-order valence-electron chi connectivity index (χ4n) is 2.62. The minimum atomic E-state index is -0.388. The van der Waals surface area contributed by atoms with Gasteiger partial charge in [0.05, 0.1) is 16.0 Å². The highest BCUT2D eigenvalue weighted by molar-refractivity contribution is 5.97. The molecule has 1 fully saturated rings. The zero-order chi connectivity index (χ0) is 14.7. The number of pyridine rings is 1. The zero-order valence-electron chi connectivity index (χ0n) is 11.6. The van der Waals surface area contributed by atoms with Crippen LogP contribution in [0.4, 0.5) is 11.4 Å². The molecule has 1 aromatic carbocycles. The van der Waals surface area contributed by atoms with Crippen molar-refractivity contribution in [2.75, 3.05) is 5.43 Å². The van der Waals surface area contributed by atoms with Crippen LogP contribution in [-0.4, -0.2) is 15.6 Å². The third kappa shape index (κ3) is 2.84. The van der Waals surface area contributed by atoms with E-state index >= 15 is 0 Å². The van der Waals surface area contributed by atoms with Gasteiger partial charge in [0, 0.05) is 18.0 Å². The number of non-ortho nitro benzene ring substituents is 1. The summed E-state index contributed by atoms with van der Waals surface area (Å²) in [6.07, 6.45) is 7.29. The summed E-state index contributed by atoms with van der Waals surface area (Å²) >= 11 is 0. The molecule has 1 saturated carbocycles. The lowest BCUT2D eigenvalue weighted by molar-refractivity contribution is -0.383. The lowest BCUT2D eigenvalue weighted by atomic mass is 9.99. The van der Waals surface area contributed by atoms with Gasteiger partial charge >= 0.3 is 0 Å². The van der Waals surface area contributed by atoms with Crippen molar-refractivity contribution in [1.82, 2.24) is 4.98 Å². The summed E-state index contributed by atoms with van der Waals surface area (Å²) in [4.78, 5) is 14.9. The molecule has 1 aromatic heterocycles. The molecule has 1 aliphatic carbocycles. The van der Waals surface area contributed by atoms with Gasteiger partial charge in [-0.3, -0.25) is 20.5 Å². The maximum atomic E-state index is 11.1. The van der Waals surface area contributed by atoms with E-state index in [0.717, 1.165) is 18.6 Å². The maximum Gasteiger partial charge on any atom is 0.278 e. The molecule has 1 heterocycles. The van der Waals surface area contributed by atoms with Crippen molar-refractivity contribution in [2.24, 2.45) is 5.10 Å². The summed E-state index contributed by atoms with van der Waals surface area (Å²) in [7, 11) is 0. The zero-order valence-corrected chi connectivity index (χ0v) is 11.6. The molecule has 21 heavy (non-hydrogen) atoms. The number of nitrogens with zero attached hydrogens (tertiary/aromatic N) is 3. The van der Waals surface area contributed by atoms with Gasteiger partial charge in [-0.15, -0.1) is 0 Å². The van der Waals surface area contributed by atoms with E-state index in [0.29, 0.717) is 16.6 Å². The SMILES string of the molecule is O=[N+]([O-])c1ccc(NN=C2CCCCC2)c2ncccc12. The lowest BCUT2D eigenvalue weighted by Crippen LogP contribution is -2.07. The third-order valence-corrected chi connectivity index (χ3v) is 3.71. The van der Waals surface area contributed by atoms with E-state index in [9.17, 15) is 10.1 Å². The quantitative estimate of drug-likeness (QED) is 0.685. The minimum Gasteiger partial charge on any atom is -0.276 e. The van der Waals surface area contributed by atoms with Crippen LogP contribution in [0.5, 0.6) is 0 Å². The van der Waals surface area contributed by atoms with Gasteiger partial charge in [-0.1, -0.05) is 6.42 Å². The Morgan fingerprint density at radius 2 is 2.00 bits per heavy atom. The van der Waals surface area contributed by atoms with Crippen LogP contribution in [-0.2, 0) is 0 Å². The summed E-state index contributed by atoms with van der Waals surface area (Å²) < 4.78 is 0. The summed E-state index contributed by atoms with van der Waals surface area (Å²) in [6.45, 7) is 0. The molecule has 0 spiro atoms. The van der Waals surface area contributed by atoms with E-state index in [4.69, 9.17) is 0 Å². The second-order valence-electron chi connectivity index (χ2n) is 5.14. The molecule has 1 N–H and O–H groups in total. The van der Waals surface area contributed by atoms with Gasteiger partial charge in [0.15, 0.2) is 0 Å². The minimum absolute atomic E-state index is 0.0639. The first-order valence-corrected chi connectivity index (χ1v) is 7.09. The summed E-state index contributed by atoms with van der Waals surface area (Å²) in [5.41, 5.74) is 5.53. The maximum absolute atomic E-state index is 11.1. The molecule has 0 radical (unpaired) electrons. The third-order valence-electron chi connectivity index (χ3n) is 3.71. The Balaban J connectivity index is 1.96. The highest BCUT2D eigenvalue weighted by Crippen LogP contribution is 2.29. The van der Waals surface area contributed by atoms with Crippen LogP contribution < -0.4 is 5.43 Å². The topological polar surface area (TPSA) is 80.4 Å². The largest absolute Gasteiger partial charge is 0.278 e. The molecule has 1 aliphatic rings. The van der Waals surface area contributed by atoms with Crippen molar-refractivity contribution >= 4 is 28.0 Å². The van der Waals surface area contributed by atoms with Crippen LogP contribution in [0.3, 0.4) is 0 Å². The van der Waals surface area contributed by atoms with E-state index in [1.807, 2.05) is 0 Å². The fourth-order valence-corrected chi connectivity index (χ4v) is 2.62. The van der Waals surface area contributed by atoms with Crippen molar-refractivity contribution in [1.29, 1.82) is 0 Å². The molecule has 2 aromatic rings. The van der Waals surface area contributed by atoms with Gasteiger partial charge in [0.25, 0.3) is 5.69 Å². The number of hydrogen-bond acceptors (Lipinski definition) is 5. The fraction of sp³-hybridized carbons (Fsp3) is 0.333. The van der Waals surface area contributed by atoms with E-state index in [1.54, 1.807) is 24.4 Å². The van der Waals surface area contributed by atoms with E-state index < -0.39 is 0 Å². The van der Waals surface area contributed by atoms with Crippen molar-refractivity contribution in [3.05, 3.63) is 40.6 Å². The average molecular weight is 284 g/mol. The Hall–Kier alpha value is -2.50. The molecule has 0 aliphatic heterocycles. The van der Waals surface area contributed by atoms with Gasteiger partial charge in [0.1, 0.15) is 5.52 Å². The molecular formula is C15H16N4O2. The molecule has 0 bridgehead atoms. The normalized spacial score (nSPS) is 15.0. The number of nitrogens with one attached hydrogen (secondary N) is 1. The molecule has 0 saturated heterocycles. The van der Waals surface area contributed by atoms with E-state index in [1.165, 1.54) is 25.3 Å². The summed E-state index contributed by atoms with van der Waals surface area (Å²) in [6, 6.07) is 6.57. The molecule has 0 atom stereocenters.